The average Bonchev–Trinajstić information content (AvgIpc) is 2.85. The Morgan fingerprint density at radius 2 is 1.69 bits per heavy atom. The van der Waals surface area contributed by atoms with Crippen LogP contribution < -0.4 is 16.6 Å². The number of thioether (sulfide) groups is 1. The fourth-order valence-corrected chi connectivity index (χ4v) is 4.18. The molecule has 0 saturated heterocycles. The van der Waals surface area contributed by atoms with Crippen LogP contribution in [0, 0.1) is 17.0 Å². The van der Waals surface area contributed by atoms with E-state index in [1.807, 2.05) is 19.1 Å². The summed E-state index contributed by atoms with van der Waals surface area (Å²) in [5.41, 5.74) is 1.00. The Hall–Kier alpha value is -4.32. The molecular weight excluding hydrogens is 472 g/mol. The number of aryl methyl sites for hydroxylation is 2. The molecule has 35 heavy (non-hydrogen) atoms. The number of hydrogen-bond acceptors (Lipinski definition) is 8. The van der Waals surface area contributed by atoms with Crippen molar-refractivity contribution in [3.05, 3.63) is 85.0 Å². The van der Waals surface area contributed by atoms with Gasteiger partial charge in [0, 0.05) is 37.5 Å². The van der Waals surface area contributed by atoms with Gasteiger partial charge in [-0.3, -0.25) is 28.8 Å². The fraction of sp³-hybridized carbons (Fsp3) is 0.174. The third-order valence-corrected chi connectivity index (χ3v) is 6.25. The first-order valence-electron chi connectivity index (χ1n) is 10.4. The maximum Gasteiger partial charge on any atom is 0.332 e. The number of nitrogens with zero attached hydrogens (tertiary/aromatic N) is 5. The first-order chi connectivity index (χ1) is 16.7. The van der Waals surface area contributed by atoms with Crippen molar-refractivity contribution in [1.29, 1.82) is 0 Å². The molecule has 0 bridgehead atoms. The quantitative estimate of drug-likeness (QED) is 0.187. The summed E-state index contributed by atoms with van der Waals surface area (Å²) in [6.45, 7) is 1.94. The van der Waals surface area contributed by atoms with Crippen LogP contribution in [0.3, 0.4) is 0 Å². The highest BCUT2D eigenvalue weighted by molar-refractivity contribution is 8.00. The number of rotatable bonds is 6. The smallest absolute Gasteiger partial charge is 0.325 e. The topological polar surface area (TPSA) is 142 Å². The number of nitro benzene ring substituents is 1. The van der Waals surface area contributed by atoms with Crippen molar-refractivity contribution in [1.82, 2.24) is 19.1 Å². The monoisotopic (exact) mass is 492 g/mol. The van der Waals surface area contributed by atoms with E-state index in [1.54, 1.807) is 12.1 Å². The number of non-ortho nitro benzene ring substituents is 1. The third-order valence-electron chi connectivity index (χ3n) is 5.28. The predicted molar refractivity (Wildman–Crippen MR) is 133 cm³/mol. The van der Waals surface area contributed by atoms with Crippen LogP contribution in [0.4, 0.5) is 11.4 Å². The minimum absolute atomic E-state index is 0.0499. The van der Waals surface area contributed by atoms with Crippen molar-refractivity contribution < 1.29 is 9.72 Å². The average molecular weight is 493 g/mol. The van der Waals surface area contributed by atoms with E-state index in [9.17, 15) is 24.5 Å². The molecule has 178 valence electrons. The second-order valence-electron chi connectivity index (χ2n) is 7.76. The van der Waals surface area contributed by atoms with Crippen molar-refractivity contribution in [3.8, 4) is 11.4 Å². The molecule has 0 aliphatic rings. The lowest BCUT2D eigenvalue weighted by molar-refractivity contribution is -0.384. The number of nitrogens with one attached hydrogen (secondary N) is 1. The van der Waals surface area contributed by atoms with Crippen molar-refractivity contribution in [2.24, 2.45) is 14.1 Å². The molecular formula is C23H20N6O5S. The number of carbonyl (C=O) groups is 1. The lowest BCUT2D eigenvalue weighted by atomic mass is 10.2. The molecule has 0 atom stereocenters. The van der Waals surface area contributed by atoms with Gasteiger partial charge in [0.15, 0.2) is 11.5 Å². The van der Waals surface area contributed by atoms with Gasteiger partial charge < -0.3 is 5.32 Å². The van der Waals surface area contributed by atoms with Crippen LogP contribution in [-0.4, -0.2) is 35.7 Å². The Kier molecular flexibility index (Phi) is 6.47. The van der Waals surface area contributed by atoms with Gasteiger partial charge in [-0.05, 0) is 31.2 Å². The predicted octanol–water partition coefficient (Wildman–Crippen LogP) is 2.64. The van der Waals surface area contributed by atoms with Gasteiger partial charge >= 0.3 is 5.69 Å². The van der Waals surface area contributed by atoms with Crippen LogP contribution >= 0.6 is 11.8 Å². The molecule has 12 heteroatoms. The van der Waals surface area contributed by atoms with Crippen molar-refractivity contribution >= 4 is 40.1 Å². The Morgan fingerprint density at radius 3 is 2.31 bits per heavy atom. The van der Waals surface area contributed by atoms with Gasteiger partial charge in [-0.15, -0.1) is 0 Å². The highest BCUT2D eigenvalue weighted by atomic mass is 32.2. The summed E-state index contributed by atoms with van der Waals surface area (Å²) < 4.78 is 2.18. The Morgan fingerprint density at radius 1 is 1.03 bits per heavy atom. The standard InChI is InChI=1S/C23H20N6O5S/c1-13-4-8-15(9-5-13)24-17(30)12-35-21-18-20(27(2)23(32)28(3)22(18)31)25-19(26-21)14-6-10-16(11-7-14)29(33)34/h4-11H,12H2,1-3H3,(H,24,30). The summed E-state index contributed by atoms with van der Waals surface area (Å²) in [6.07, 6.45) is 0. The first-order valence-corrected chi connectivity index (χ1v) is 11.4. The second-order valence-corrected chi connectivity index (χ2v) is 8.73. The Balaban J connectivity index is 1.75. The molecule has 11 nitrogen and oxygen atoms in total. The number of amides is 1. The molecule has 0 spiro atoms. The first kappa shape index (κ1) is 23.8. The molecule has 0 fully saturated rings. The Labute approximate surface area is 202 Å². The molecule has 2 aromatic carbocycles. The van der Waals surface area contributed by atoms with Crippen LogP contribution in [0.25, 0.3) is 22.4 Å². The van der Waals surface area contributed by atoms with Gasteiger partial charge in [-0.2, -0.15) is 0 Å². The largest absolute Gasteiger partial charge is 0.332 e. The van der Waals surface area contributed by atoms with E-state index in [0.717, 1.165) is 21.9 Å². The normalized spacial score (nSPS) is 10.9. The second kappa shape index (κ2) is 9.50. The summed E-state index contributed by atoms with van der Waals surface area (Å²) in [5.74, 6) is -0.188. The van der Waals surface area contributed by atoms with Crippen LogP contribution in [0.1, 0.15) is 5.56 Å². The van der Waals surface area contributed by atoms with Gasteiger partial charge in [0.05, 0.1) is 10.7 Å². The van der Waals surface area contributed by atoms with E-state index < -0.39 is 16.2 Å². The van der Waals surface area contributed by atoms with E-state index in [0.29, 0.717) is 11.3 Å². The zero-order valence-electron chi connectivity index (χ0n) is 19.0. The molecule has 4 aromatic rings. The van der Waals surface area contributed by atoms with Crippen LogP contribution in [-0.2, 0) is 18.9 Å². The van der Waals surface area contributed by atoms with Gasteiger partial charge in [-0.1, -0.05) is 29.5 Å². The molecule has 0 unspecified atom stereocenters. The van der Waals surface area contributed by atoms with Crippen LogP contribution in [0.5, 0.6) is 0 Å². The Bertz CT molecular complexity index is 1580. The molecule has 0 aliphatic heterocycles. The van der Waals surface area contributed by atoms with Crippen molar-refractivity contribution in [3.63, 3.8) is 0 Å². The molecule has 4 rings (SSSR count). The van der Waals surface area contributed by atoms with Crippen LogP contribution in [0.2, 0.25) is 0 Å². The summed E-state index contributed by atoms with van der Waals surface area (Å²) in [4.78, 5) is 57.3. The summed E-state index contributed by atoms with van der Waals surface area (Å²) in [7, 11) is 2.84. The van der Waals surface area contributed by atoms with Crippen molar-refractivity contribution in [2.45, 2.75) is 11.9 Å². The van der Waals surface area contributed by atoms with Gasteiger partial charge in [0.25, 0.3) is 11.2 Å². The molecule has 0 aliphatic carbocycles. The maximum absolute atomic E-state index is 12.9. The van der Waals surface area contributed by atoms with E-state index in [2.05, 4.69) is 15.3 Å². The highest BCUT2D eigenvalue weighted by Crippen LogP contribution is 2.27. The molecule has 2 aromatic heterocycles. The molecule has 0 radical (unpaired) electrons. The maximum atomic E-state index is 12.9. The minimum Gasteiger partial charge on any atom is -0.325 e. The lowest BCUT2D eigenvalue weighted by Gasteiger charge is -2.12. The summed E-state index contributed by atoms with van der Waals surface area (Å²) in [6, 6.07) is 12.9. The summed E-state index contributed by atoms with van der Waals surface area (Å²) >= 11 is 1.03. The molecule has 0 saturated carbocycles. The number of anilines is 1. The minimum atomic E-state index is -0.584. The number of hydrogen-bond donors (Lipinski definition) is 1. The van der Waals surface area contributed by atoms with Crippen LogP contribution in [0.15, 0.2) is 63.1 Å². The fourth-order valence-electron chi connectivity index (χ4n) is 3.36. The summed E-state index contributed by atoms with van der Waals surface area (Å²) in [5, 5.41) is 14.1. The van der Waals surface area contributed by atoms with E-state index in [4.69, 9.17) is 0 Å². The lowest BCUT2D eigenvalue weighted by Crippen LogP contribution is -2.37. The van der Waals surface area contributed by atoms with Gasteiger partial charge in [-0.25, -0.2) is 14.8 Å². The number of carbonyl (C=O) groups excluding carboxylic acids is 1. The molecule has 1 N–H and O–H groups in total. The SMILES string of the molecule is Cc1ccc(NC(=O)CSc2nc(-c3ccc([N+](=O)[O-])cc3)nc3c2c(=O)n(C)c(=O)n3C)cc1. The van der Waals surface area contributed by atoms with E-state index in [1.165, 1.54) is 42.9 Å². The number of benzene rings is 2. The zero-order chi connectivity index (χ0) is 25.3. The number of fused-ring (bicyclic) bond motifs is 1. The van der Waals surface area contributed by atoms with Gasteiger partial charge in [0.1, 0.15) is 10.4 Å². The number of aromatic nitrogens is 4. The van der Waals surface area contributed by atoms with E-state index >= 15 is 0 Å². The van der Waals surface area contributed by atoms with E-state index in [-0.39, 0.29) is 39.2 Å². The van der Waals surface area contributed by atoms with Crippen molar-refractivity contribution in [2.75, 3.05) is 11.1 Å². The molecule has 2 heterocycles. The highest BCUT2D eigenvalue weighted by Gasteiger charge is 2.19. The number of nitro groups is 1. The molecule has 1 amide bonds. The third kappa shape index (κ3) is 4.82. The zero-order valence-corrected chi connectivity index (χ0v) is 19.8. The van der Waals surface area contributed by atoms with Gasteiger partial charge in [0.2, 0.25) is 5.91 Å².